The first-order valence-electron chi connectivity index (χ1n) is 6.33. The SMILES string of the molecule is COc1ccccc1C(C)(CO)Cc1ccncc1. The van der Waals surface area contributed by atoms with Crippen LogP contribution in [0.1, 0.15) is 18.1 Å². The van der Waals surface area contributed by atoms with Gasteiger partial charge in [0.15, 0.2) is 0 Å². The topological polar surface area (TPSA) is 42.4 Å². The summed E-state index contributed by atoms with van der Waals surface area (Å²) >= 11 is 0. The van der Waals surface area contributed by atoms with E-state index in [-0.39, 0.29) is 12.0 Å². The molecule has 0 radical (unpaired) electrons. The molecular weight excluding hydrogens is 238 g/mol. The average molecular weight is 257 g/mol. The number of methoxy groups -OCH3 is 1. The van der Waals surface area contributed by atoms with Crippen LogP contribution in [0.4, 0.5) is 0 Å². The van der Waals surface area contributed by atoms with E-state index in [1.54, 1.807) is 19.5 Å². The van der Waals surface area contributed by atoms with Crippen molar-refractivity contribution in [1.82, 2.24) is 4.98 Å². The summed E-state index contributed by atoms with van der Waals surface area (Å²) in [4.78, 5) is 4.02. The van der Waals surface area contributed by atoms with Crippen LogP contribution in [0.3, 0.4) is 0 Å². The number of ether oxygens (including phenoxy) is 1. The monoisotopic (exact) mass is 257 g/mol. The zero-order valence-electron chi connectivity index (χ0n) is 11.3. The Hall–Kier alpha value is -1.87. The van der Waals surface area contributed by atoms with E-state index in [9.17, 15) is 5.11 Å². The first kappa shape index (κ1) is 13.6. The smallest absolute Gasteiger partial charge is 0.122 e. The van der Waals surface area contributed by atoms with E-state index in [4.69, 9.17) is 4.74 Å². The molecule has 1 N–H and O–H groups in total. The zero-order valence-corrected chi connectivity index (χ0v) is 11.3. The molecule has 2 aromatic rings. The fourth-order valence-corrected chi connectivity index (χ4v) is 2.33. The van der Waals surface area contributed by atoms with Gasteiger partial charge in [-0.25, -0.2) is 0 Å². The Morgan fingerprint density at radius 2 is 1.84 bits per heavy atom. The third-order valence-corrected chi connectivity index (χ3v) is 3.45. The first-order chi connectivity index (χ1) is 9.19. The van der Waals surface area contributed by atoms with Gasteiger partial charge in [0.2, 0.25) is 0 Å². The third-order valence-electron chi connectivity index (χ3n) is 3.45. The van der Waals surface area contributed by atoms with Crippen LogP contribution in [0.25, 0.3) is 0 Å². The maximum absolute atomic E-state index is 9.85. The van der Waals surface area contributed by atoms with Crippen molar-refractivity contribution in [3.05, 3.63) is 59.9 Å². The molecule has 0 amide bonds. The lowest BCUT2D eigenvalue weighted by Gasteiger charge is -2.29. The summed E-state index contributed by atoms with van der Waals surface area (Å²) in [5.74, 6) is 0.813. The highest BCUT2D eigenvalue weighted by atomic mass is 16.5. The second kappa shape index (κ2) is 5.85. The minimum atomic E-state index is -0.367. The van der Waals surface area contributed by atoms with Crippen LogP contribution in [0.15, 0.2) is 48.8 Å². The summed E-state index contributed by atoms with van der Waals surface area (Å²) in [6, 6.07) is 11.8. The summed E-state index contributed by atoms with van der Waals surface area (Å²) in [7, 11) is 1.66. The molecule has 0 saturated heterocycles. The van der Waals surface area contributed by atoms with Crippen molar-refractivity contribution in [3.8, 4) is 5.75 Å². The molecule has 0 aliphatic rings. The van der Waals surface area contributed by atoms with E-state index in [1.165, 1.54) is 0 Å². The second-order valence-corrected chi connectivity index (χ2v) is 4.95. The van der Waals surface area contributed by atoms with Gasteiger partial charge in [0.05, 0.1) is 13.7 Å². The van der Waals surface area contributed by atoms with Gasteiger partial charge >= 0.3 is 0 Å². The van der Waals surface area contributed by atoms with E-state index >= 15 is 0 Å². The van der Waals surface area contributed by atoms with Crippen LogP contribution in [0.2, 0.25) is 0 Å². The standard InChI is InChI=1S/C16H19NO2/c1-16(12-18,11-13-7-9-17-10-8-13)14-5-3-4-6-15(14)19-2/h3-10,18H,11-12H2,1-2H3. The number of nitrogens with zero attached hydrogens (tertiary/aromatic N) is 1. The lowest BCUT2D eigenvalue weighted by atomic mass is 9.77. The molecule has 1 aromatic heterocycles. The summed E-state index contributed by atoms with van der Waals surface area (Å²) in [5.41, 5.74) is 1.81. The molecule has 1 heterocycles. The van der Waals surface area contributed by atoms with Crippen LogP contribution in [0, 0.1) is 0 Å². The molecule has 0 aliphatic heterocycles. The van der Waals surface area contributed by atoms with Gasteiger partial charge in [-0.2, -0.15) is 0 Å². The van der Waals surface area contributed by atoms with Gasteiger partial charge in [0.1, 0.15) is 5.75 Å². The minimum absolute atomic E-state index is 0.0652. The molecule has 1 unspecified atom stereocenters. The van der Waals surface area contributed by atoms with Crippen LogP contribution in [-0.4, -0.2) is 23.8 Å². The van der Waals surface area contributed by atoms with Gasteiger partial charge in [0.25, 0.3) is 0 Å². The van der Waals surface area contributed by atoms with Crippen LogP contribution in [0.5, 0.6) is 5.75 Å². The van der Waals surface area contributed by atoms with Crippen molar-refractivity contribution in [3.63, 3.8) is 0 Å². The van der Waals surface area contributed by atoms with Gasteiger partial charge in [-0.1, -0.05) is 25.1 Å². The lowest BCUT2D eigenvalue weighted by Crippen LogP contribution is -2.30. The first-order valence-corrected chi connectivity index (χ1v) is 6.33. The maximum atomic E-state index is 9.85. The Balaban J connectivity index is 2.36. The van der Waals surface area contributed by atoms with Crippen molar-refractivity contribution in [2.24, 2.45) is 0 Å². The highest BCUT2D eigenvalue weighted by Gasteiger charge is 2.29. The molecule has 0 spiro atoms. The predicted octanol–water partition coefficient (Wildman–Crippen LogP) is 2.58. The van der Waals surface area contributed by atoms with Crippen LogP contribution in [-0.2, 0) is 11.8 Å². The lowest BCUT2D eigenvalue weighted by molar-refractivity contribution is 0.201. The quantitative estimate of drug-likeness (QED) is 0.895. The molecule has 100 valence electrons. The zero-order chi connectivity index (χ0) is 13.7. The number of aliphatic hydroxyl groups excluding tert-OH is 1. The number of pyridine rings is 1. The Morgan fingerprint density at radius 1 is 1.16 bits per heavy atom. The number of rotatable bonds is 5. The highest BCUT2D eigenvalue weighted by Crippen LogP contribution is 2.34. The Morgan fingerprint density at radius 3 is 2.47 bits per heavy atom. The number of para-hydroxylation sites is 1. The Kier molecular flexibility index (Phi) is 4.17. The largest absolute Gasteiger partial charge is 0.496 e. The van der Waals surface area contributed by atoms with Gasteiger partial charge < -0.3 is 9.84 Å². The number of hydrogen-bond acceptors (Lipinski definition) is 3. The van der Waals surface area contributed by atoms with Gasteiger partial charge in [-0.05, 0) is 30.2 Å². The number of aromatic nitrogens is 1. The van der Waals surface area contributed by atoms with Gasteiger partial charge in [-0.3, -0.25) is 4.98 Å². The van der Waals surface area contributed by atoms with Crippen molar-refractivity contribution < 1.29 is 9.84 Å². The molecule has 19 heavy (non-hydrogen) atoms. The fourth-order valence-electron chi connectivity index (χ4n) is 2.33. The molecule has 2 rings (SSSR count). The number of benzene rings is 1. The van der Waals surface area contributed by atoms with Crippen LogP contribution >= 0.6 is 0 Å². The molecule has 0 saturated carbocycles. The predicted molar refractivity (Wildman–Crippen MR) is 75.4 cm³/mol. The third kappa shape index (κ3) is 2.93. The Labute approximate surface area is 113 Å². The van der Waals surface area contributed by atoms with Crippen molar-refractivity contribution in [2.45, 2.75) is 18.8 Å². The minimum Gasteiger partial charge on any atom is -0.496 e. The van der Waals surface area contributed by atoms with E-state index in [2.05, 4.69) is 4.98 Å². The van der Waals surface area contributed by atoms with E-state index in [0.717, 1.165) is 23.3 Å². The van der Waals surface area contributed by atoms with E-state index in [0.29, 0.717) is 0 Å². The average Bonchev–Trinajstić information content (AvgIpc) is 2.48. The Bertz CT molecular complexity index is 527. The molecule has 3 heteroatoms. The van der Waals surface area contributed by atoms with Crippen molar-refractivity contribution in [2.75, 3.05) is 13.7 Å². The van der Waals surface area contributed by atoms with E-state index in [1.807, 2.05) is 43.3 Å². The molecule has 0 aliphatic carbocycles. The normalized spacial score (nSPS) is 13.8. The van der Waals surface area contributed by atoms with E-state index < -0.39 is 0 Å². The van der Waals surface area contributed by atoms with Crippen LogP contribution < -0.4 is 4.74 Å². The number of hydrogen-bond donors (Lipinski definition) is 1. The summed E-state index contributed by atoms with van der Waals surface area (Å²) in [6.45, 7) is 2.11. The van der Waals surface area contributed by atoms with Crippen molar-refractivity contribution in [1.29, 1.82) is 0 Å². The summed E-state index contributed by atoms with van der Waals surface area (Å²) < 4.78 is 5.41. The van der Waals surface area contributed by atoms with Gasteiger partial charge in [0, 0.05) is 23.4 Å². The molecule has 0 bridgehead atoms. The molecule has 1 aromatic carbocycles. The molecule has 0 fully saturated rings. The number of aliphatic hydroxyl groups is 1. The molecule has 3 nitrogen and oxygen atoms in total. The molecule has 1 atom stereocenters. The fraction of sp³-hybridized carbons (Fsp3) is 0.312. The maximum Gasteiger partial charge on any atom is 0.122 e. The summed E-state index contributed by atoms with van der Waals surface area (Å²) in [6.07, 6.45) is 4.29. The highest BCUT2D eigenvalue weighted by molar-refractivity contribution is 5.40. The van der Waals surface area contributed by atoms with Crippen molar-refractivity contribution >= 4 is 0 Å². The second-order valence-electron chi connectivity index (χ2n) is 4.95. The molecular formula is C16H19NO2. The summed E-state index contributed by atoms with van der Waals surface area (Å²) in [5, 5.41) is 9.85. The van der Waals surface area contributed by atoms with Gasteiger partial charge in [-0.15, -0.1) is 0 Å².